The molecule has 4 rings (SSSR count). The first-order valence-corrected chi connectivity index (χ1v) is 24.8. The van der Waals surface area contributed by atoms with Gasteiger partial charge in [-0.05, 0) is 135 Å². The minimum Gasteiger partial charge on any atom is -0.493 e. The van der Waals surface area contributed by atoms with Crippen LogP contribution in [-0.2, 0) is 18.9 Å². The van der Waals surface area contributed by atoms with Crippen molar-refractivity contribution >= 4 is 34.9 Å². The van der Waals surface area contributed by atoms with E-state index < -0.39 is 16.4 Å². The summed E-state index contributed by atoms with van der Waals surface area (Å²) in [6.45, 7) is 24.4. The summed E-state index contributed by atoms with van der Waals surface area (Å²) in [5.41, 5.74) is -0.0574. The molecule has 2 aromatic carbocycles. The highest BCUT2D eigenvalue weighted by molar-refractivity contribution is 6.67. The SMILES string of the molecule is C.C.CC(C)NC1CCCCN(C(=O)OC(C)(C)C)C1.COCCCOc1cc(C(=O)Cl)ccc1OC.COCCCOc1cc(C(=O)N(C(C)C)C2CCCCN(C(=O)OC(C)(C)C)C2)ccc1OC. The summed E-state index contributed by atoms with van der Waals surface area (Å²) in [5, 5.41) is 3.00. The molecule has 17 heteroatoms. The van der Waals surface area contributed by atoms with Crippen molar-refractivity contribution in [3.63, 3.8) is 0 Å². The van der Waals surface area contributed by atoms with Crippen LogP contribution < -0.4 is 24.3 Å². The predicted molar refractivity (Wildman–Crippen MR) is 284 cm³/mol. The first-order valence-electron chi connectivity index (χ1n) is 24.4. The summed E-state index contributed by atoms with van der Waals surface area (Å²) in [6.07, 6.45) is 7.02. The van der Waals surface area contributed by atoms with Crippen LogP contribution in [0.2, 0.25) is 0 Å². The molecule has 2 unspecified atom stereocenters. The lowest BCUT2D eigenvalue weighted by Crippen LogP contribution is -2.51. The average Bonchev–Trinajstić information content (AvgIpc) is 3.67. The number of rotatable bonds is 18. The van der Waals surface area contributed by atoms with Crippen molar-refractivity contribution in [2.24, 2.45) is 0 Å². The van der Waals surface area contributed by atoms with E-state index in [2.05, 4.69) is 19.2 Å². The molecule has 408 valence electrons. The van der Waals surface area contributed by atoms with Gasteiger partial charge in [0.15, 0.2) is 23.0 Å². The maximum atomic E-state index is 13.7. The summed E-state index contributed by atoms with van der Waals surface area (Å²) >= 11 is 5.40. The number of carbonyl (C=O) groups is 4. The lowest BCUT2D eigenvalue weighted by molar-refractivity contribution is 0.0181. The molecule has 0 spiro atoms. The Hall–Kier alpha value is -4.51. The van der Waals surface area contributed by atoms with Gasteiger partial charge in [0, 0.05) is 95.7 Å². The number of nitrogens with zero attached hydrogens (tertiary/aromatic N) is 3. The van der Waals surface area contributed by atoms with E-state index in [0.717, 1.165) is 58.0 Å². The van der Waals surface area contributed by atoms with Gasteiger partial charge in [0.25, 0.3) is 11.1 Å². The maximum absolute atomic E-state index is 13.7. The molecule has 71 heavy (non-hydrogen) atoms. The van der Waals surface area contributed by atoms with Gasteiger partial charge in [-0.15, -0.1) is 0 Å². The Labute approximate surface area is 433 Å². The van der Waals surface area contributed by atoms with E-state index in [1.165, 1.54) is 6.42 Å². The fraction of sp³-hybridized carbons (Fsp3) is 0.704. The van der Waals surface area contributed by atoms with E-state index in [0.29, 0.717) is 85.7 Å². The number of ether oxygens (including phenoxy) is 8. The van der Waals surface area contributed by atoms with E-state index in [-0.39, 0.29) is 45.0 Å². The Morgan fingerprint density at radius 1 is 0.648 bits per heavy atom. The fourth-order valence-electron chi connectivity index (χ4n) is 7.66. The van der Waals surface area contributed by atoms with Crippen molar-refractivity contribution in [3.8, 4) is 23.0 Å². The van der Waals surface area contributed by atoms with Crippen LogP contribution in [0, 0.1) is 0 Å². The second kappa shape index (κ2) is 34.0. The van der Waals surface area contributed by atoms with E-state index in [9.17, 15) is 19.2 Å². The molecule has 16 nitrogen and oxygen atoms in total. The molecule has 0 aliphatic carbocycles. The quantitative estimate of drug-likeness (QED) is 0.111. The number of benzene rings is 2. The second-order valence-electron chi connectivity index (χ2n) is 19.7. The Morgan fingerprint density at radius 3 is 1.52 bits per heavy atom. The number of hydrogen-bond donors (Lipinski definition) is 1. The minimum atomic E-state index is -0.560. The molecule has 2 aliphatic rings. The molecule has 2 aliphatic heterocycles. The smallest absolute Gasteiger partial charge is 0.410 e. The summed E-state index contributed by atoms with van der Waals surface area (Å²) < 4.78 is 43.0. The number of likely N-dealkylation sites (tertiary alicyclic amines) is 2. The molecule has 0 bridgehead atoms. The molecule has 0 aromatic heterocycles. The fourth-order valence-corrected chi connectivity index (χ4v) is 7.77. The van der Waals surface area contributed by atoms with Crippen molar-refractivity contribution in [1.82, 2.24) is 20.0 Å². The average molecular weight is 1030 g/mol. The largest absolute Gasteiger partial charge is 0.493 e. The normalized spacial score (nSPS) is 16.0. The number of nitrogens with one attached hydrogen (secondary N) is 1. The van der Waals surface area contributed by atoms with Crippen LogP contribution >= 0.6 is 11.6 Å². The molecule has 1 N–H and O–H groups in total. The highest BCUT2D eigenvalue weighted by atomic mass is 35.5. The van der Waals surface area contributed by atoms with E-state index in [4.69, 9.17) is 49.5 Å². The molecule has 2 atom stereocenters. The lowest BCUT2D eigenvalue weighted by Gasteiger charge is -2.37. The van der Waals surface area contributed by atoms with Crippen molar-refractivity contribution in [2.75, 3.05) is 81.0 Å². The molecule has 0 saturated carbocycles. The van der Waals surface area contributed by atoms with Gasteiger partial charge in [0.2, 0.25) is 0 Å². The van der Waals surface area contributed by atoms with Crippen LogP contribution in [0.5, 0.6) is 23.0 Å². The Balaban J connectivity index is 0.00000112. The summed E-state index contributed by atoms with van der Waals surface area (Å²) in [5.74, 6) is 2.11. The van der Waals surface area contributed by atoms with Gasteiger partial charge in [-0.3, -0.25) is 9.59 Å². The van der Waals surface area contributed by atoms with Gasteiger partial charge in [-0.1, -0.05) is 35.1 Å². The van der Waals surface area contributed by atoms with Crippen molar-refractivity contribution < 1.29 is 57.1 Å². The van der Waals surface area contributed by atoms with Crippen LogP contribution in [-0.4, -0.2) is 154 Å². The van der Waals surface area contributed by atoms with E-state index in [1.54, 1.807) is 69.7 Å². The standard InChI is InChI=1S/C26H42N2O6.C14H28N2O2.C12H15ClO4.2CH4/c1-19(2)28(21-11-8-9-14-27(18-21)25(30)34-26(3,4)5)24(29)20-12-13-22(32-7)23(17-20)33-16-10-15-31-6;1-11(2)15-12-8-6-7-9-16(10-12)13(17)18-14(3,4)5;1-15-6-3-7-17-11-8-9(12(13)14)4-5-10(11)16-2;;/h12-13,17,19,21H,8-11,14-16,18H2,1-7H3;11-12,15H,6-10H2,1-5H3;4-5,8H,3,6-7H2,1-2H3;2*1H4. The summed E-state index contributed by atoms with van der Waals surface area (Å²) in [4.78, 5) is 55.0. The van der Waals surface area contributed by atoms with Gasteiger partial charge >= 0.3 is 12.2 Å². The molecule has 2 heterocycles. The van der Waals surface area contributed by atoms with E-state index >= 15 is 0 Å². The Kier molecular flexibility index (Phi) is 31.8. The number of methoxy groups -OCH3 is 4. The highest BCUT2D eigenvalue weighted by Gasteiger charge is 2.34. The molecule has 0 radical (unpaired) electrons. The number of carbonyl (C=O) groups excluding carboxylic acids is 4. The minimum absolute atomic E-state index is 0. The first kappa shape index (κ1) is 66.5. The third kappa shape index (κ3) is 25.6. The third-order valence-electron chi connectivity index (χ3n) is 10.7. The van der Waals surface area contributed by atoms with Crippen LogP contribution in [0.4, 0.5) is 9.59 Å². The van der Waals surface area contributed by atoms with Crippen LogP contribution in [0.1, 0.15) is 156 Å². The zero-order valence-electron chi connectivity index (χ0n) is 44.2. The first-order chi connectivity index (χ1) is 32.5. The highest BCUT2D eigenvalue weighted by Crippen LogP contribution is 2.31. The molecule has 3 amide bonds. The monoisotopic (exact) mass is 1020 g/mol. The summed E-state index contributed by atoms with van der Waals surface area (Å²) in [7, 11) is 6.40. The van der Waals surface area contributed by atoms with Gasteiger partial charge in [-0.2, -0.15) is 0 Å². The molecule has 2 aromatic rings. The van der Waals surface area contributed by atoms with E-state index in [1.807, 2.05) is 65.2 Å². The maximum Gasteiger partial charge on any atom is 0.410 e. The van der Waals surface area contributed by atoms with Gasteiger partial charge in [0.1, 0.15) is 11.2 Å². The molecule has 2 saturated heterocycles. The van der Waals surface area contributed by atoms with Gasteiger partial charge < -0.3 is 57.9 Å². The zero-order valence-corrected chi connectivity index (χ0v) is 45.0. The van der Waals surface area contributed by atoms with Gasteiger partial charge in [0.05, 0.1) is 33.5 Å². The summed E-state index contributed by atoms with van der Waals surface area (Å²) in [6, 6.07) is 10.8. The Morgan fingerprint density at radius 2 is 1.10 bits per heavy atom. The van der Waals surface area contributed by atoms with Crippen LogP contribution in [0.25, 0.3) is 0 Å². The topological polar surface area (TPSA) is 164 Å². The number of amides is 3. The van der Waals surface area contributed by atoms with Crippen molar-refractivity contribution in [1.29, 1.82) is 0 Å². The zero-order chi connectivity index (χ0) is 51.7. The van der Waals surface area contributed by atoms with Crippen LogP contribution in [0.15, 0.2) is 36.4 Å². The lowest BCUT2D eigenvalue weighted by atomic mass is 10.0. The predicted octanol–water partition coefficient (Wildman–Crippen LogP) is 11.3. The molecular weight excluding hydrogens is 932 g/mol. The van der Waals surface area contributed by atoms with Gasteiger partial charge in [-0.25, -0.2) is 9.59 Å². The molecule has 2 fully saturated rings. The number of halogens is 1. The number of hydrogen-bond acceptors (Lipinski definition) is 13. The van der Waals surface area contributed by atoms with Crippen molar-refractivity contribution in [3.05, 3.63) is 47.5 Å². The van der Waals surface area contributed by atoms with Crippen LogP contribution in [0.3, 0.4) is 0 Å². The Bertz CT molecular complexity index is 1850. The van der Waals surface area contributed by atoms with Crippen molar-refractivity contribution in [2.45, 2.75) is 171 Å². The molecular formula is C54H93ClN4O12. The second-order valence-corrected chi connectivity index (χ2v) is 20.1. The third-order valence-corrected chi connectivity index (χ3v) is 10.9.